The highest BCUT2D eigenvalue weighted by molar-refractivity contribution is 5.97. The van der Waals surface area contributed by atoms with Gasteiger partial charge in [0.05, 0.1) is 11.0 Å². The lowest BCUT2D eigenvalue weighted by atomic mass is 9.87. The fourth-order valence-corrected chi connectivity index (χ4v) is 3.47. The Morgan fingerprint density at radius 3 is 1.96 bits per heavy atom. The number of ketones is 1. The summed E-state index contributed by atoms with van der Waals surface area (Å²) in [6.07, 6.45) is 0.394. The molecule has 0 bridgehead atoms. The van der Waals surface area contributed by atoms with Crippen LogP contribution in [-0.2, 0) is 7.05 Å². The van der Waals surface area contributed by atoms with Gasteiger partial charge < -0.3 is 4.57 Å². The van der Waals surface area contributed by atoms with Crippen molar-refractivity contribution >= 4 is 16.8 Å². The molecule has 0 aliphatic carbocycles. The molecule has 0 atom stereocenters. The van der Waals surface area contributed by atoms with Crippen LogP contribution < -0.4 is 0 Å². The minimum absolute atomic E-state index is 0.0183. The van der Waals surface area contributed by atoms with Crippen molar-refractivity contribution in [3.05, 3.63) is 102 Å². The zero-order valence-corrected chi connectivity index (χ0v) is 14.7. The first-order valence-corrected chi connectivity index (χ1v) is 8.78. The van der Waals surface area contributed by atoms with Crippen LogP contribution in [0.15, 0.2) is 84.9 Å². The molecule has 4 aromatic rings. The molecule has 1 aromatic heterocycles. The van der Waals surface area contributed by atoms with Gasteiger partial charge in [-0.05, 0) is 23.3 Å². The van der Waals surface area contributed by atoms with E-state index in [-0.39, 0.29) is 11.7 Å². The zero-order chi connectivity index (χ0) is 17.9. The molecule has 3 nitrogen and oxygen atoms in total. The number of Topliss-reactive ketones (excluding diaryl/α,β-unsaturated/α-hetero) is 1. The van der Waals surface area contributed by atoms with E-state index in [2.05, 4.69) is 29.2 Å². The summed E-state index contributed by atoms with van der Waals surface area (Å²) < 4.78 is 1.89. The normalized spacial score (nSPS) is 11.2. The first-order valence-electron chi connectivity index (χ1n) is 8.78. The standard InChI is InChI=1S/C23H20N2O/c1-25-21-15-9-8-14-20(21)24-23(25)22(26)16-19(17-10-4-2-5-11-17)18-12-6-3-7-13-18/h2-15,19H,16H2,1H3. The number of aryl methyl sites for hydroxylation is 1. The maximum atomic E-state index is 13.1. The Morgan fingerprint density at radius 2 is 1.38 bits per heavy atom. The van der Waals surface area contributed by atoms with Crippen LogP contribution in [0.2, 0.25) is 0 Å². The van der Waals surface area contributed by atoms with Crippen molar-refractivity contribution in [3.8, 4) is 0 Å². The van der Waals surface area contributed by atoms with Crippen LogP contribution in [0, 0.1) is 0 Å². The van der Waals surface area contributed by atoms with Crippen molar-refractivity contribution in [2.75, 3.05) is 0 Å². The van der Waals surface area contributed by atoms with E-state index >= 15 is 0 Å². The van der Waals surface area contributed by atoms with Crippen LogP contribution >= 0.6 is 0 Å². The highest BCUT2D eigenvalue weighted by Gasteiger charge is 2.22. The molecule has 0 amide bonds. The van der Waals surface area contributed by atoms with Gasteiger partial charge in [0.15, 0.2) is 11.6 Å². The van der Waals surface area contributed by atoms with Crippen molar-refractivity contribution in [3.63, 3.8) is 0 Å². The third-order valence-corrected chi connectivity index (χ3v) is 4.83. The van der Waals surface area contributed by atoms with Crippen molar-refractivity contribution in [1.82, 2.24) is 9.55 Å². The quantitative estimate of drug-likeness (QED) is 0.480. The molecule has 0 saturated heterocycles. The predicted octanol–water partition coefficient (Wildman–Crippen LogP) is 4.98. The number of imidazole rings is 1. The Bertz CT molecular complexity index is 996. The lowest BCUT2D eigenvalue weighted by Gasteiger charge is -2.17. The Morgan fingerprint density at radius 1 is 0.846 bits per heavy atom. The minimum atomic E-state index is 0.0183. The zero-order valence-electron chi connectivity index (χ0n) is 14.7. The number of benzene rings is 3. The number of para-hydroxylation sites is 2. The summed E-state index contributed by atoms with van der Waals surface area (Å²) in [5.41, 5.74) is 4.12. The molecule has 0 aliphatic rings. The SMILES string of the molecule is Cn1c(C(=O)CC(c2ccccc2)c2ccccc2)nc2ccccc21. The average Bonchev–Trinajstić information content (AvgIpc) is 3.04. The summed E-state index contributed by atoms with van der Waals surface area (Å²) in [7, 11) is 1.91. The maximum Gasteiger partial charge on any atom is 0.199 e. The number of carbonyl (C=O) groups is 1. The molecule has 128 valence electrons. The molecular weight excluding hydrogens is 320 g/mol. The van der Waals surface area contributed by atoms with Gasteiger partial charge in [-0.3, -0.25) is 4.79 Å². The molecule has 0 saturated carbocycles. The second-order valence-corrected chi connectivity index (χ2v) is 6.48. The molecular formula is C23H20N2O. The number of nitrogens with zero attached hydrogens (tertiary/aromatic N) is 2. The highest BCUT2D eigenvalue weighted by Crippen LogP contribution is 2.29. The molecule has 4 rings (SSSR count). The van der Waals surface area contributed by atoms with E-state index in [9.17, 15) is 4.79 Å². The smallest absolute Gasteiger partial charge is 0.199 e. The lowest BCUT2D eigenvalue weighted by molar-refractivity contribution is 0.0965. The summed E-state index contributed by atoms with van der Waals surface area (Å²) in [5.74, 6) is 0.592. The molecule has 0 unspecified atom stereocenters. The van der Waals surface area contributed by atoms with Crippen LogP contribution in [0.5, 0.6) is 0 Å². The second kappa shape index (κ2) is 6.96. The number of rotatable bonds is 5. The molecule has 0 fully saturated rings. The van der Waals surface area contributed by atoms with Crippen LogP contribution in [0.25, 0.3) is 11.0 Å². The largest absolute Gasteiger partial charge is 0.325 e. The Balaban J connectivity index is 1.71. The molecule has 0 aliphatic heterocycles. The molecule has 0 spiro atoms. The van der Waals surface area contributed by atoms with E-state index in [0.29, 0.717) is 12.2 Å². The fraction of sp³-hybridized carbons (Fsp3) is 0.130. The van der Waals surface area contributed by atoms with E-state index in [4.69, 9.17) is 0 Å². The van der Waals surface area contributed by atoms with Gasteiger partial charge >= 0.3 is 0 Å². The third-order valence-electron chi connectivity index (χ3n) is 4.83. The van der Waals surface area contributed by atoms with Gasteiger partial charge in [-0.2, -0.15) is 0 Å². The molecule has 3 aromatic carbocycles. The number of hydrogen-bond acceptors (Lipinski definition) is 2. The summed E-state index contributed by atoms with van der Waals surface area (Å²) >= 11 is 0. The second-order valence-electron chi connectivity index (χ2n) is 6.48. The maximum absolute atomic E-state index is 13.1. The number of fused-ring (bicyclic) bond motifs is 1. The number of carbonyl (C=O) groups excluding carboxylic acids is 1. The van der Waals surface area contributed by atoms with Crippen LogP contribution in [0.4, 0.5) is 0 Å². The van der Waals surface area contributed by atoms with E-state index < -0.39 is 0 Å². The van der Waals surface area contributed by atoms with Gasteiger partial charge in [0.2, 0.25) is 0 Å². The predicted molar refractivity (Wildman–Crippen MR) is 104 cm³/mol. The van der Waals surface area contributed by atoms with Crippen molar-refractivity contribution in [2.45, 2.75) is 12.3 Å². The van der Waals surface area contributed by atoms with Gasteiger partial charge in [0, 0.05) is 19.4 Å². The summed E-state index contributed by atoms with van der Waals surface area (Å²) in [6, 6.07) is 28.3. The molecule has 26 heavy (non-hydrogen) atoms. The average molecular weight is 340 g/mol. The van der Waals surface area contributed by atoms with E-state index in [1.165, 1.54) is 0 Å². The summed E-state index contributed by atoms with van der Waals surface area (Å²) in [5, 5.41) is 0. The number of aromatic nitrogens is 2. The van der Waals surface area contributed by atoms with Crippen LogP contribution in [-0.4, -0.2) is 15.3 Å². The van der Waals surface area contributed by atoms with Crippen molar-refractivity contribution in [2.24, 2.45) is 7.05 Å². The molecule has 3 heteroatoms. The van der Waals surface area contributed by atoms with Gasteiger partial charge in [-0.15, -0.1) is 0 Å². The fourth-order valence-electron chi connectivity index (χ4n) is 3.47. The van der Waals surface area contributed by atoms with E-state index in [0.717, 1.165) is 22.2 Å². The third kappa shape index (κ3) is 3.04. The van der Waals surface area contributed by atoms with Gasteiger partial charge in [0.25, 0.3) is 0 Å². The van der Waals surface area contributed by atoms with Gasteiger partial charge in [0.1, 0.15) is 0 Å². The lowest BCUT2D eigenvalue weighted by Crippen LogP contribution is -2.13. The van der Waals surface area contributed by atoms with Crippen LogP contribution in [0.1, 0.15) is 34.1 Å². The Hall–Kier alpha value is -3.20. The van der Waals surface area contributed by atoms with Crippen molar-refractivity contribution < 1.29 is 4.79 Å². The van der Waals surface area contributed by atoms with E-state index in [1.807, 2.05) is 72.3 Å². The topological polar surface area (TPSA) is 34.9 Å². The monoisotopic (exact) mass is 340 g/mol. The van der Waals surface area contributed by atoms with Crippen molar-refractivity contribution in [1.29, 1.82) is 0 Å². The first-order chi connectivity index (χ1) is 12.7. The van der Waals surface area contributed by atoms with Gasteiger partial charge in [-0.25, -0.2) is 4.98 Å². The van der Waals surface area contributed by atoms with E-state index in [1.54, 1.807) is 0 Å². The Kier molecular flexibility index (Phi) is 4.36. The van der Waals surface area contributed by atoms with Gasteiger partial charge in [-0.1, -0.05) is 72.8 Å². The molecule has 0 radical (unpaired) electrons. The van der Waals surface area contributed by atoms with Crippen LogP contribution in [0.3, 0.4) is 0 Å². The highest BCUT2D eigenvalue weighted by atomic mass is 16.1. The minimum Gasteiger partial charge on any atom is -0.325 e. The molecule has 1 heterocycles. The first kappa shape index (κ1) is 16.3. The Labute approximate surface area is 152 Å². The number of hydrogen-bond donors (Lipinski definition) is 0. The summed E-state index contributed by atoms with van der Waals surface area (Å²) in [6.45, 7) is 0. The summed E-state index contributed by atoms with van der Waals surface area (Å²) in [4.78, 5) is 17.7. The molecule has 0 N–H and O–H groups in total.